The van der Waals surface area contributed by atoms with Crippen molar-refractivity contribution >= 4 is 49.9 Å². The topological polar surface area (TPSA) is 17.8 Å². The molecule has 0 aliphatic carbocycles. The van der Waals surface area contributed by atoms with E-state index in [9.17, 15) is 0 Å². The van der Waals surface area contributed by atoms with Gasteiger partial charge in [-0.3, -0.25) is 0 Å². The molecule has 0 radical (unpaired) electrons. The van der Waals surface area contributed by atoms with Gasteiger partial charge in [-0.15, -0.1) is 22.9 Å². The number of alkyl halides is 1. The SMILES string of the molecule is CCC(c1cccs1)n1c(CCCl)nc2ccc(Br)cc21. The van der Waals surface area contributed by atoms with Crippen molar-refractivity contribution in [3.8, 4) is 0 Å². The van der Waals surface area contributed by atoms with Gasteiger partial charge in [0.1, 0.15) is 5.82 Å². The first-order chi connectivity index (χ1) is 10.2. The maximum Gasteiger partial charge on any atom is 0.111 e. The van der Waals surface area contributed by atoms with E-state index < -0.39 is 0 Å². The Kier molecular flexibility index (Phi) is 4.67. The molecule has 1 unspecified atom stereocenters. The minimum absolute atomic E-state index is 0.322. The summed E-state index contributed by atoms with van der Waals surface area (Å²) in [7, 11) is 0. The Morgan fingerprint density at radius 3 is 2.90 bits per heavy atom. The predicted molar refractivity (Wildman–Crippen MR) is 94.6 cm³/mol. The lowest BCUT2D eigenvalue weighted by atomic mass is 10.1. The summed E-state index contributed by atoms with van der Waals surface area (Å²) in [4.78, 5) is 6.15. The lowest BCUT2D eigenvalue weighted by Gasteiger charge is -2.19. The van der Waals surface area contributed by atoms with Crippen LogP contribution in [0.1, 0.15) is 30.1 Å². The minimum atomic E-state index is 0.322. The van der Waals surface area contributed by atoms with Gasteiger partial charge < -0.3 is 4.57 Å². The van der Waals surface area contributed by atoms with Gasteiger partial charge in [0.15, 0.2) is 0 Å². The normalized spacial score (nSPS) is 12.9. The first-order valence-corrected chi connectivity index (χ1v) is 9.21. The highest BCUT2D eigenvalue weighted by Crippen LogP contribution is 2.32. The number of hydrogen-bond acceptors (Lipinski definition) is 2. The molecule has 1 aromatic carbocycles. The van der Waals surface area contributed by atoms with E-state index in [1.165, 1.54) is 10.4 Å². The van der Waals surface area contributed by atoms with Gasteiger partial charge in [-0.25, -0.2) is 4.98 Å². The molecule has 110 valence electrons. The number of nitrogens with zero attached hydrogens (tertiary/aromatic N) is 2. The molecule has 0 N–H and O–H groups in total. The van der Waals surface area contributed by atoms with Crippen LogP contribution in [-0.4, -0.2) is 15.4 Å². The van der Waals surface area contributed by atoms with Crippen molar-refractivity contribution in [2.24, 2.45) is 0 Å². The summed E-state index contributed by atoms with van der Waals surface area (Å²) in [5.41, 5.74) is 2.21. The van der Waals surface area contributed by atoms with Crippen molar-refractivity contribution in [2.75, 3.05) is 5.88 Å². The average Bonchev–Trinajstić information content (AvgIpc) is 3.10. The highest BCUT2D eigenvalue weighted by Gasteiger charge is 2.20. The van der Waals surface area contributed by atoms with Gasteiger partial charge in [-0.1, -0.05) is 28.9 Å². The summed E-state index contributed by atoms with van der Waals surface area (Å²) >= 11 is 11.3. The fourth-order valence-corrected chi connectivity index (χ4v) is 4.14. The number of aromatic nitrogens is 2. The molecular weight excluding hydrogens is 368 g/mol. The molecule has 1 atom stereocenters. The number of thiophene rings is 1. The molecule has 2 heterocycles. The van der Waals surface area contributed by atoms with Crippen molar-refractivity contribution in [3.63, 3.8) is 0 Å². The van der Waals surface area contributed by atoms with Gasteiger partial charge in [-0.05, 0) is 36.1 Å². The molecule has 5 heteroatoms. The smallest absolute Gasteiger partial charge is 0.111 e. The fraction of sp³-hybridized carbons (Fsp3) is 0.312. The molecule has 0 saturated heterocycles. The van der Waals surface area contributed by atoms with E-state index in [0.717, 1.165) is 28.7 Å². The molecule has 2 aromatic heterocycles. The van der Waals surface area contributed by atoms with Crippen molar-refractivity contribution in [3.05, 3.63) is 50.9 Å². The summed E-state index contributed by atoms with van der Waals surface area (Å²) in [5, 5.41) is 2.13. The lowest BCUT2D eigenvalue weighted by Crippen LogP contribution is -2.12. The third-order valence-electron chi connectivity index (χ3n) is 3.61. The molecule has 0 saturated carbocycles. The zero-order valence-corrected chi connectivity index (χ0v) is 14.9. The predicted octanol–water partition coefficient (Wildman–Crippen LogP) is 5.64. The highest BCUT2D eigenvalue weighted by atomic mass is 79.9. The number of halogens is 2. The van der Waals surface area contributed by atoms with E-state index >= 15 is 0 Å². The van der Waals surface area contributed by atoms with Gasteiger partial charge >= 0.3 is 0 Å². The van der Waals surface area contributed by atoms with Gasteiger partial charge in [0.05, 0.1) is 17.1 Å². The second kappa shape index (κ2) is 6.51. The Morgan fingerprint density at radius 2 is 2.24 bits per heavy atom. The first-order valence-electron chi connectivity index (χ1n) is 7.00. The van der Waals surface area contributed by atoms with Gasteiger partial charge in [0.2, 0.25) is 0 Å². The van der Waals surface area contributed by atoms with Crippen LogP contribution in [0.3, 0.4) is 0 Å². The van der Waals surface area contributed by atoms with Crippen molar-refractivity contribution < 1.29 is 0 Å². The van der Waals surface area contributed by atoms with Crippen molar-refractivity contribution in [1.82, 2.24) is 9.55 Å². The molecule has 21 heavy (non-hydrogen) atoms. The minimum Gasteiger partial charge on any atom is -0.319 e. The van der Waals surface area contributed by atoms with Crippen LogP contribution in [0.5, 0.6) is 0 Å². The molecule has 0 bridgehead atoms. The number of aryl methyl sites for hydroxylation is 1. The Labute approximate surface area is 141 Å². The zero-order valence-electron chi connectivity index (χ0n) is 11.7. The average molecular weight is 384 g/mol. The van der Waals surface area contributed by atoms with E-state index in [2.05, 4.69) is 57.1 Å². The lowest BCUT2D eigenvalue weighted by molar-refractivity contribution is 0.567. The fourth-order valence-electron chi connectivity index (χ4n) is 2.72. The first kappa shape index (κ1) is 15.1. The van der Waals surface area contributed by atoms with Crippen LogP contribution in [0.4, 0.5) is 0 Å². The summed E-state index contributed by atoms with van der Waals surface area (Å²) in [6.45, 7) is 2.22. The summed E-state index contributed by atoms with van der Waals surface area (Å²) in [5.74, 6) is 1.66. The number of benzene rings is 1. The standard InChI is InChI=1S/C16H16BrClN2S/c1-2-13(15-4-3-9-21-15)20-14-10-11(17)5-6-12(14)19-16(20)7-8-18/h3-6,9-10,13H,2,7-8H2,1H3. The molecule has 0 fully saturated rings. The Morgan fingerprint density at radius 1 is 1.38 bits per heavy atom. The van der Waals surface area contributed by atoms with Crippen LogP contribution in [0, 0.1) is 0 Å². The van der Waals surface area contributed by atoms with Gasteiger partial charge in [0.25, 0.3) is 0 Å². The maximum absolute atomic E-state index is 5.98. The van der Waals surface area contributed by atoms with E-state index in [-0.39, 0.29) is 0 Å². The molecule has 0 spiro atoms. The molecule has 0 amide bonds. The molecule has 0 aliphatic heterocycles. The third-order valence-corrected chi connectivity index (χ3v) is 5.27. The molecule has 0 aliphatic rings. The van der Waals surface area contributed by atoms with Crippen LogP contribution in [0.25, 0.3) is 11.0 Å². The quantitative estimate of drug-likeness (QED) is 0.521. The van der Waals surface area contributed by atoms with Crippen LogP contribution in [0.2, 0.25) is 0 Å². The Hall–Kier alpha value is -0.840. The molecular formula is C16H16BrClN2S. The third kappa shape index (κ3) is 2.89. The Balaban J connectivity index is 2.22. The number of fused-ring (bicyclic) bond motifs is 1. The Bertz CT molecular complexity index is 736. The largest absolute Gasteiger partial charge is 0.319 e. The van der Waals surface area contributed by atoms with Crippen LogP contribution >= 0.6 is 38.9 Å². The van der Waals surface area contributed by atoms with Crippen molar-refractivity contribution in [1.29, 1.82) is 0 Å². The van der Waals surface area contributed by atoms with Crippen LogP contribution in [0.15, 0.2) is 40.2 Å². The molecule has 3 aromatic rings. The number of hydrogen-bond donors (Lipinski definition) is 0. The van der Waals surface area contributed by atoms with Gasteiger partial charge in [-0.2, -0.15) is 0 Å². The van der Waals surface area contributed by atoms with Crippen LogP contribution in [-0.2, 0) is 6.42 Å². The van der Waals surface area contributed by atoms with E-state index in [1.54, 1.807) is 11.3 Å². The van der Waals surface area contributed by atoms with Crippen molar-refractivity contribution in [2.45, 2.75) is 25.8 Å². The van der Waals surface area contributed by atoms with Crippen LogP contribution < -0.4 is 0 Å². The van der Waals surface area contributed by atoms with E-state index in [1.807, 2.05) is 6.07 Å². The number of imidazole rings is 1. The zero-order chi connectivity index (χ0) is 14.8. The molecule has 2 nitrogen and oxygen atoms in total. The second-order valence-corrected chi connectivity index (χ2v) is 7.18. The van der Waals surface area contributed by atoms with E-state index in [4.69, 9.17) is 16.6 Å². The summed E-state index contributed by atoms with van der Waals surface area (Å²) < 4.78 is 3.43. The summed E-state index contributed by atoms with van der Waals surface area (Å²) in [6.07, 6.45) is 1.82. The number of rotatable bonds is 5. The molecule has 3 rings (SSSR count). The highest BCUT2D eigenvalue weighted by molar-refractivity contribution is 9.10. The second-order valence-electron chi connectivity index (χ2n) is 4.91. The monoisotopic (exact) mass is 382 g/mol. The summed E-state index contributed by atoms with van der Waals surface area (Å²) in [6, 6.07) is 10.9. The van der Waals surface area contributed by atoms with E-state index in [0.29, 0.717) is 11.9 Å². The maximum atomic E-state index is 5.98. The van der Waals surface area contributed by atoms with Gasteiger partial charge in [0, 0.05) is 21.7 Å².